The zero-order chi connectivity index (χ0) is 21.5. The molecule has 0 bridgehead atoms. The van der Waals surface area contributed by atoms with Crippen molar-refractivity contribution in [2.75, 3.05) is 50.5 Å². The number of aromatic nitrogens is 5. The second-order valence-corrected chi connectivity index (χ2v) is 8.22. The van der Waals surface area contributed by atoms with E-state index in [4.69, 9.17) is 10.2 Å². The highest BCUT2D eigenvalue weighted by Gasteiger charge is 2.27. The molecule has 0 saturated carbocycles. The van der Waals surface area contributed by atoms with Crippen molar-refractivity contribution in [2.24, 2.45) is 7.05 Å². The van der Waals surface area contributed by atoms with Crippen LogP contribution >= 0.6 is 0 Å². The molecule has 1 N–H and O–H groups in total. The van der Waals surface area contributed by atoms with E-state index in [0.717, 1.165) is 66.0 Å². The van der Waals surface area contributed by atoms with Crippen molar-refractivity contribution in [3.05, 3.63) is 48.2 Å². The van der Waals surface area contributed by atoms with Gasteiger partial charge in [-0.05, 0) is 26.1 Å². The van der Waals surface area contributed by atoms with E-state index in [0.29, 0.717) is 0 Å². The molecule has 0 atom stereocenters. The van der Waals surface area contributed by atoms with Crippen molar-refractivity contribution < 1.29 is 0 Å². The topological polar surface area (TPSA) is 66.5 Å². The Labute approximate surface area is 182 Å². The van der Waals surface area contributed by atoms with Crippen LogP contribution in [-0.2, 0) is 7.05 Å². The Bertz CT molecular complexity index is 1210. The van der Waals surface area contributed by atoms with Crippen LogP contribution in [0.25, 0.3) is 28.2 Å². The molecule has 160 valence electrons. The highest BCUT2D eigenvalue weighted by molar-refractivity contribution is 5.88. The Morgan fingerprint density at radius 1 is 0.903 bits per heavy atom. The van der Waals surface area contributed by atoms with E-state index in [1.807, 2.05) is 35.6 Å². The maximum absolute atomic E-state index is 4.97. The van der Waals surface area contributed by atoms with Crippen LogP contribution in [0.2, 0.25) is 0 Å². The fourth-order valence-electron chi connectivity index (χ4n) is 4.18. The molecule has 1 fully saturated rings. The van der Waals surface area contributed by atoms with Crippen LogP contribution in [0, 0.1) is 6.92 Å². The van der Waals surface area contributed by atoms with Crippen LogP contribution in [0.4, 0.5) is 11.6 Å². The van der Waals surface area contributed by atoms with Gasteiger partial charge in [-0.15, -0.1) is 0 Å². The van der Waals surface area contributed by atoms with Crippen molar-refractivity contribution in [1.29, 1.82) is 0 Å². The molecule has 0 spiro atoms. The first-order valence-corrected chi connectivity index (χ1v) is 10.7. The van der Waals surface area contributed by atoms with Gasteiger partial charge < -0.3 is 15.1 Å². The van der Waals surface area contributed by atoms with Crippen LogP contribution in [0.15, 0.2) is 42.6 Å². The lowest BCUT2D eigenvalue weighted by Crippen LogP contribution is -2.45. The summed E-state index contributed by atoms with van der Waals surface area (Å²) < 4.78 is 3.84. The van der Waals surface area contributed by atoms with Gasteiger partial charge in [0, 0.05) is 45.8 Å². The summed E-state index contributed by atoms with van der Waals surface area (Å²) >= 11 is 0. The first-order chi connectivity index (χ1) is 15.0. The lowest BCUT2D eigenvalue weighted by atomic mass is 10.0. The quantitative estimate of drug-likeness (QED) is 0.552. The number of piperazine rings is 1. The number of imidazole rings is 1. The molecule has 0 amide bonds. The Hall–Kier alpha value is -3.39. The van der Waals surface area contributed by atoms with Gasteiger partial charge in [-0.3, -0.25) is 4.68 Å². The predicted octanol–water partition coefficient (Wildman–Crippen LogP) is 2.90. The minimum Gasteiger partial charge on any atom is -0.372 e. The zero-order valence-electron chi connectivity index (χ0n) is 18.5. The Balaban J connectivity index is 1.70. The molecule has 1 saturated heterocycles. The number of benzene rings is 1. The van der Waals surface area contributed by atoms with Crippen LogP contribution in [0.3, 0.4) is 0 Å². The third kappa shape index (κ3) is 3.53. The number of nitrogens with one attached hydrogen (secondary N) is 1. The average Bonchev–Trinajstić information content (AvgIpc) is 3.35. The lowest BCUT2D eigenvalue weighted by molar-refractivity contribution is 0.311. The molecule has 0 unspecified atom stereocenters. The number of hydrogen-bond acceptors (Lipinski definition) is 6. The van der Waals surface area contributed by atoms with E-state index in [1.165, 1.54) is 5.56 Å². The van der Waals surface area contributed by atoms with Crippen molar-refractivity contribution >= 4 is 17.3 Å². The molecule has 1 aliphatic heterocycles. The van der Waals surface area contributed by atoms with Crippen molar-refractivity contribution in [3.8, 4) is 22.5 Å². The fourth-order valence-corrected chi connectivity index (χ4v) is 4.18. The first-order valence-electron chi connectivity index (χ1n) is 10.7. The average molecular weight is 417 g/mol. The number of nitrogens with zero attached hydrogens (tertiary/aromatic N) is 7. The second kappa shape index (κ2) is 7.70. The molecule has 5 rings (SSSR count). The van der Waals surface area contributed by atoms with Gasteiger partial charge >= 0.3 is 0 Å². The highest BCUT2D eigenvalue weighted by Crippen LogP contribution is 2.39. The summed E-state index contributed by atoms with van der Waals surface area (Å²) in [6, 6.07) is 12.6. The van der Waals surface area contributed by atoms with E-state index < -0.39 is 0 Å². The largest absolute Gasteiger partial charge is 0.372 e. The summed E-state index contributed by atoms with van der Waals surface area (Å²) in [5.41, 5.74) is 6.06. The second-order valence-electron chi connectivity index (χ2n) is 8.22. The molecular formula is C23H28N8. The summed E-state index contributed by atoms with van der Waals surface area (Å²) in [6.07, 6.45) is 1.91. The van der Waals surface area contributed by atoms with E-state index in [-0.39, 0.29) is 0 Å². The van der Waals surface area contributed by atoms with Crippen LogP contribution in [0.5, 0.6) is 0 Å². The maximum atomic E-state index is 4.97. The molecule has 3 aromatic heterocycles. The SMILES string of the molecule is CNc1cn2nc(-c3c(-c4ccc(C)cc4)nn(C)c3N3CCN(C)CC3)ccc2n1. The molecule has 1 aromatic carbocycles. The maximum Gasteiger partial charge on any atom is 0.156 e. The number of likely N-dealkylation sites (N-methyl/N-ethyl adjacent to an activating group) is 1. The van der Waals surface area contributed by atoms with Crippen LogP contribution < -0.4 is 10.2 Å². The van der Waals surface area contributed by atoms with E-state index in [9.17, 15) is 0 Å². The Morgan fingerprint density at radius 3 is 2.35 bits per heavy atom. The standard InChI is InChI=1S/C23H28N8/c1-16-5-7-17(8-6-16)22-21(18-9-10-20-25-19(24-2)15-31(20)26-18)23(29(4)27-22)30-13-11-28(3)12-14-30/h5-10,15,24H,11-14H2,1-4H3. The molecule has 4 heterocycles. The van der Waals surface area contributed by atoms with Gasteiger partial charge in [0.15, 0.2) is 5.65 Å². The van der Waals surface area contributed by atoms with Gasteiger partial charge in [-0.1, -0.05) is 29.8 Å². The Kier molecular flexibility index (Phi) is 4.86. The fraction of sp³-hybridized carbons (Fsp3) is 0.348. The molecule has 8 heteroatoms. The monoisotopic (exact) mass is 416 g/mol. The molecule has 31 heavy (non-hydrogen) atoms. The summed E-state index contributed by atoms with van der Waals surface area (Å²) in [5, 5.41) is 13.0. The van der Waals surface area contributed by atoms with Crippen LogP contribution in [0.1, 0.15) is 5.56 Å². The number of fused-ring (bicyclic) bond motifs is 1. The molecule has 1 aliphatic rings. The normalized spacial score (nSPS) is 15.0. The number of aryl methyl sites for hydroxylation is 2. The summed E-state index contributed by atoms with van der Waals surface area (Å²) in [5.74, 6) is 1.92. The van der Waals surface area contributed by atoms with Gasteiger partial charge in [-0.25, -0.2) is 9.50 Å². The predicted molar refractivity (Wildman–Crippen MR) is 125 cm³/mol. The summed E-state index contributed by atoms with van der Waals surface area (Å²) in [4.78, 5) is 9.33. The zero-order valence-corrected chi connectivity index (χ0v) is 18.5. The van der Waals surface area contributed by atoms with E-state index >= 15 is 0 Å². The van der Waals surface area contributed by atoms with E-state index in [2.05, 4.69) is 64.4 Å². The van der Waals surface area contributed by atoms with Crippen molar-refractivity contribution in [3.63, 3.8) is 0 Å². The minimum absolute atomic E-state index is 0.800. The molecule has 8 nitrogen and oxygen atoms in total. The van der Waals surface area contributed by atoms with E-state index in [1.54, 1.807) is 0 Å². The van der Waals surface area contributed by atoms with Gasteiger partial charge in [0.05, 0.1) is 17.5 Å². The van der Waals surface area contributed by atoms with Gasteiger partial charge in [0.25, 0.3) is 0 Å². The molecule has 4 aromatic rings. The third-order valence-electron chi connectivity index (χ3n) is 5.98. The lowest BCUT2D eigenvalue weighted by Gasteiger charge is -2.34. The van der Waals surface area contributed by atoms with Gasteiger partial charge in [-0.2, -0.15) is 10.2 Å². The highest BCUT2D eigenvalue weighted by atomic mass is 15.4. The third-order valence-corrected chi connectivity index (χ3v) is 5.98. The first kappa shape index (κ1) is 19.6. The smallest absolute Gasteiger partial charge is 0.156 e. The van der Waals surface area contributed by atoms with Gasteiger partial charge in [0.1, 0.15) is 17.3 Å². The summed E-state index contributed by atoms with van der Waals surface area (Å²) in [6.45, 7) is 6.10. The minimum atomic E-state index is 0.800. The van der Waals surface area contributed by atoms with Gasteiger partial charge in [0.2, 0.25) is 0 Å². The number of anilines is 2. The van der Waals surface area contributed by atoms with Crippen molar-refractivity contribution in [1.82, 2.24) is 29.3 Å². The number of hydrogen-bond donors (Lipinski definition) is 1. The molecule has 0 aliphatic carbocycles. The van der Waals surface area contributed by atoms with Crippen molar-refractivity contribution in [2.45, 2.75) is 6.92 Å². The summed E-state index contributed by atoms with van der Waals surface area (Å²) in [7, 11) is 6.07. The number of rotatable bonds is 4. The molecule has 0 radical (unpaired) electrons. The Morgan fingerprint density at radius 2 is 1.65 bits per heavy atom. The molecular weight excluding hydrogens is 388 g/mol. The van der Waals surface area contributed by atoms with Crippen LogP contribution in [-0.4, -0.2) is 69.6 Å².